The lowest BCUT2D eigenvalue weighted by Crippen LogP contribution is -2.34. The first-order valence-corrected chi connectivity index (χ1v) is 11.6. The molecule has 1 aromatic heterocycles. The van der Waals surface area contributed by atoms with Gasteiger partial charge in [-0.05, 0) is 60.5 Å². The third-order valence-corrected chi connectivity index (χ3v) is 5.98. The Morgan fingerprint density at radius 2 is 1.76 bits per heavy atom. The second kappa shape index (κ2) is 10.5. The molecule has 0 aliphatic heterocycles. The van der Waals surface area contributed by atoms with E-state index in [9.17, 15) is 25.0 Å². The fourth-order valence-corrected chi connectivity index (χ4v) is 3.83. The Morgan fingerprint density at radius 3 is 2.41 bits per heavy atom. The van der Waals surface area contributed by atoms with Crippen molar-refractivity contribution in [2.24, 2.45) is 0 Å². The number of anilines is 1. The van der Waals surface area contributed by atoms with E-state index in [4.69, 9.17) is 16.6 Å². The quantitative estimate of drug-likeness (QED) is 0.171. The predicted molar refractivity (Wildman–Crippen MR) is 142 cm³/mol. The van der Waals surface area contributed by atoms with Crippen molar-refractivity contribution in [3.63, 3.8) is 0 Å². The van der Waals surface area contributed by atoms with Gasteiger partial charge in [-0.25, -0.2) is 4.98 Å². The van der Waals surface area contributed by atoms with Gasteiger partial charge in [0.2, 0.25) is 5.89 Å². The van der Waals surface area contributed by atoms with Crippen molar-refractivity contribution in [1.82, 2.24) is 10.3 Å². The Kier molecular flexibility index (Phi) is 7.20. The number of amides is 1. The molecule has 11 nitrogen and oxygen atoms in total. The normalized spacial score (nSPS) is 11.6. The van der Waals surface area contributed by atoms with Gasteiger partial charge in [-0.2, -0.15) is 0 Å². The van der Waals surface area contributed by atoms with Crippen LogP contribution in [-0.2, 0) is 0 Å². The molecule has 0 bridgehead atoms. The molecule has 0 saturated heterocycles. The van der Waals surface area contributed by atoms with Crippen LogP contribution in [0.1, 0.15) is 42.1 Å². The molecule has 0 aliphatic carbocycles. The third-order valence-electron chi connectivity index (χ3n) is 5.77. The van der Waals surface area contributed by atoms with Crippen LogP contribution in [0.4, 0.5) is 17.1 Å². The van der Waals surface area contributed by atoms with Crippen molar-refractivity contribution in [3.05, 3.63) is 92.0 Å². The molecule has 12 heteroatoms. The number of hydrogen-bond donors (Lipinski definition) is 2. The van der Waals surface area contributed by atoms with Crippen LogP contribution in [0.5, 0.6) is 0 Å². The zero-order valence-electron chi connectivity index (χ0n) is 19.8. The Labute approximate surface area is 215 Å². The van der Waals surface area contributed by atoms with Gasteiger partial charge in [-0.3, -0.25) is 30.3 Å². The van der Waals surface area contributed by atoms with Gasteiger partial charge in [0.25, 0.3) is 17.3 Å². The van der Waals surface area contributed by atoms with Gasteiger partial charge >= 0.3 is 0 Å². The van der Waals surface area contributed by atoms with Crippen LogP contribution in [0.2, 0.25) is 0 Å². The van der Waals surface area contributed by atoms with E-state index in [1.54, 1.807) is 18.2 Å². The molecule has 4 rings (SSSR count). The molecule has 0 spiro atoms. The van der Waals surface area contributed by atoms with E-state index >= 15 is 0 Å². The summed E-state index contributed by atoms with van der Waals surface area (Å²) < 4.78 is 5.91. The van der Waals surface area contributed by atoms with Crippen LogP contribution in [0.3, 0.4) is 0 Å². The number of nitro groups is 2. The average Bonchev–Trinajstić information content (AvgIpc) is 3.31. The van der Waals surface area contributed by atoms with Gasteiger partial charge in [-0.1, -0.05) is 26.0 Å². The lowest BCUT2D eigenvalue weighted by atomic mass is 9.98. The second-order valence-electron chi connectivity index (χ2n) is 8.30. The molecule has 0 radical (unpaired) electrons. The lowest BCUT2D eigenvalue weighted by molar-refractivity contribution is -0.394. The molecule has 3 aromatic carbocycles. The monoisotopic (exact) mass is 519 g/mol. The first kappa shape index (κ1) is 25.4. The number of hydrogen-bond acceptors (Lipinski definition) is 8. The van der Waals surface area contributed by atoms with Gasteiger partial charge in [0.1, 0.15) is 5.52 Å². The standard InChI is InChI=1S/C25H21N5O6S/c1-3-14(2)15-7-8-22-21(12-15)27-24(36-22)16-5-4-6-18(9-16)26-25(37)28-23(31)17-10-19(29(32)33)13-20(11-17)30(34)35/h4-14H,3H2,1-2H3,(H2,26,28,31,37)/t14-/m1/s1. The molecule has 1 atom stereocenters. The van der Waals surface area contributed by atoms with E-state index in [1.807, 2.05) is 24.3 Å². The van der Waals surface area contributed by atoms with Crippen molar-refractivity contribution in [1.29, 1.82) is 0 Å². The van der Waals surface area contributed by atoms with Gasteiger partial charge in [0.05, 0.1) is 21.5 Å². The third kappa shape index (κ3) is 5.76. The van der Waals surface area contributed by atoms with E-state index in [0.717, 1.165) is 30.1 Å². The summed E-state index contributed by atoms with van der Waals surface area (Å²) in [6.45, 7) is 4.28. The summed E-state index contributed by atoms with van der Waals surface area (Å²) >= 11 is 5.19. The number of non-ortho nitro benzene ring substituents is 2. The van der Waals surface area contributed by atoms with E-state index in [-0.39, 0.29) is 10.7 Å². The van der Waals surface area contributed by atoms with Gasteiger partial charge in [0.15, 0.2) is 10.7 Å². The summed E-state index contributed by atoms with van der Waals surface area (Å²) in [5, 5.41) is 27.3. The minimum Gasteiger partial charge on any atom is -0.436 e. The highest BCUT2D eigenvalue weighted by Gasteiger charge is 2.20. The summed E-state index contributed by atoms with van der Waals surface area (Å²) in [7, 11) is 0. The van der Waals surface area contributed by atoms with Crippen molar-refractivity contribution in [3.8, 4) is 11.5 Å². The molecule has 2 N–H and O–H groups in total. The molecule has 0 saturated carbocycles. The lowest BCUT2D eigenvalue weighted by Gasteiger charge is -2.10. The average molecular weight is 520 g/mol. The molecule has 37 heavy (non-hydrogen) atoms. The van der Waals surface area contributed by atoms with Crippen LogP contribution in [0.15, 0.2) is 65.1 Å². The second-order valence-corrected chi connectivity index (χ2v) is 8.71. The summed E-state index contributed by atoms with van der Waals surface area (Å²) in [5.74, 6) is -0.0169. The largest absolute Gasteiger partial charge is 0.436 e. The van der Waals surface area contributed by atoms with Crippen LogP contribution < -0.4 is 10.6 Å². The van der Waals surface area contributed by atoms with Crippen molar-refractivity contribution in [2.75, 3.05) is 5.32 Å². The maximum atomic E-state index is 12.6. The number of carbonyl (C=O) groups is 1. The number of carbonyl (C=O) groups excluding carboxylic acids is 1. The summed E-state index contributed by atoms with van der Waals surface area (Å²) in [5.41, 5.74) is 2.35. The molecule has 0 aliphatic rings. The van der Waals surface area contributed by atoms with Crippen molar-refractivity contribution >= 4 is 51.4 Å². The fraction of sp³-hybridized carbons (Fsp3) is 0.160. The van der Waals surface area contributed by atoms with Crippen molar-refractivity contribution < 1.29 is 19.1 Å². The van der Waals surface area contributed by atoms with Crippen LogP contribution in [-0.4, -0.2) is 25.9 Å². The predicted octanol–water partition coefficient (Wildman–Crippen LogP) is 5.95. The van der Waals surface area contributed by atoms with Crippen molar-refractivity contribution in [2.45, 2.75) is 26.2 Å². The highest BCUT2D eigenvalue weighted by Crippen LogP contribution is 2.29. The van der Waals surface area contributed by atoms with E-state index in [2.05, 4.69) is 29.5 Å². The minimum atomic E-state index is -0.837. The molecule has 1 heterocycles. The first-order chi connectivity index (χ1) is 17.6. The molecule has 4 aromatic rings. The SMILES string of the molecule is CC[C@@H](C)c1ccc2oc(-c3cccc(NC(=S)NC(=O)c4cc([N+](=O)[O-])cc([N+](=O)[O-])c4)c3)nc2c1. The topological polar surface area (TPSA) is 153 Å². The minimum absolute atomic E-state index is 0.105. The zero-order valence-corrected chi connectivity index (χ0v) is 20.6. The number of benzene rings is 3. The number of oxazole rings is 1. The van der Waals surface area contributed by atoms with Crippen LogP contribution in [0.25, 0.3) is 22.6 Å². The summed E-state index contributed by atoms with van der Waals surface area (Å²) in [6.07, 6.45) is 1.01. The Morgan fingerprint density at radius 1 is 1.05 bits per heavy atom. The number of fused-ring (bicyclic) bond motifs is 1. The number of nitrogens with zero attached hydrogens (tertiary/aromatic N) is 3. The number of thiocarbonyl (C=S) groups is 1. The maximum absolute atomic E-state index is 12.6. The highest BCUT2D eigenvalue weighted by atomic mass is 32.1. The number of nitrogens with one attached hydrogen (secondary N) is 2. The maximum Gasteiger partial charge on any atom is 0.277 e. The van der Waals surface area contributed by atoms with E-state index in [0.29, 0.717) is 28.6 Å². The number of rotatable bonds is 7. The van der Waals surface area contributed by atoms with Crippen LogP contribution >= 0.6 is 12.2 Å². The Hall–Kier alpha value is -4.71. The first-order valence-electron chi connectivity index (χ1n) is 11.2. The smallest absolute Gasteiger partial charge is 0.277 e. The van der Waals surface area contributed by atoms with Gasteiger partial charge < -0.3 is 9.73 Å². The molecule has 1 amide bonds. The Balaban J connectivity index is 1.50. The van der Waals surface area contributed by atoms with Gasteiger partial charge in [-0.15, -0.1) is 0 Å². The Bertz CT molecular complexity index is 1520. The van der Waals surface area contributed by atoms with Crippen LogP contribution in [0, 0.1) is 20.2 Å². The highest BCUT2D eigenvalue weighted by molar-refractivity contribution is 7.80. The summed E-state index contributed by atoms with van der Waals surface area (Å²) in [6, 6.07) is 15.6. The zero-order chi connectivity index (χ0) is 26.7. The summed E-state index contributed by atoms with van der Waals surface area (Å²) in [4.78, 5) is 37.7. The number of aromatic nitrogens is 1. The fourth-order valence-electron chi connectivity index (χ4n) is 3.61. The van der Waals surface area contributed by atoms with E-state index < -0.39 is 27.1 Å². The molecular weight excluding hydrogens is 498 g/mol. The molecule has 188 valence electrons. The molecule has 0 unspecified atom stereocenters. The van der Waals surface area contributed by atoms with Gasteiger partial charge in [0, 0.05) is 23.4 Å². The van der Waals surface area contributed by atoms with E-state index in [1.165, 1.54) is 5.56 Å². The number of nitro benzene ring substituents is 2. The molecule has 0 fully saturated rings. The molecular formula is C25H21N5O6S.